The van der Waals surface area contributed by atoms with E-state index < -0.39 is 5.91 Å². The molecule has 3 heterocycles. The van der Waals surface area contributed by atoms with E-state index in [4.69, 9.17) is 22.1 Å². The van der Waals surface area contributed by atoms with Gasteiger partial charge in [-0.25, -0.2) is 9.97 Å². The summed E-state index contributed by atoms with van der Waals surface area (Å²) in [6.07, 6.45) is 3.22. The van der Waals surface area contributed by atoms with Crippen LogP contribution in [0.3, 0.4) is 0 Å². The molecule has 2 aromatic rings. The van der Waals surface area contributed by atoms with Crippen molar-refractivity contribution in [2.45, 2.75) is 6.54 Å². The molecule has 7 nitrogen and oxygen atoms in total. The summed E-state index contributed by atoms with van der Waals surface area (Å²) < 4.78 is 5.34. The van der Waals surface area contributed by atoms with E-state index in [1.54, 1.807) is 0 Å². The number of primary amides is 1. The molecule has 0 spiro atoms. The molecule has 3 N–H and O–H groups in total. The predicted molar refractivity (Wildman–Crippen MR) is 92.4 cm³/mol. The molecule has 1 saturated heterocycles. The molecule has 0 aromatic carbocycles. The number of nitrogens with zero attached hydrogens (tertiary/aromatic N) is 3. The van der Waals surface area contributed by atoms with Crippen molar-refractivity contribution in [2.24, 2.45) is 5.73 Å². The number of anilines is 2. The van der Waals surface area contributed by atoms with Crippen LogP contribution in [0.5, 0.6) is 0 Å². The maximum atomic E-state index is 11.1. The van der Waals surface area contributed by atoms with Gasteiger partial charge in [-0.15, -0.1) is 0 Å². The summed E-state index contributed by atoms with van der Waals surface area (Å²) in [4.78, 5) is 21.9. The average Bonchev–Trinajstić information content (AvgIpc) is 2.62. The van der Waals surface area contributed by atoms with Crippen LogP contribution in [0.4, 0.5) is 11.6 Å². The van der Waals surface area contributed by atoms with Crippen LogP contribution < -0.4 is 16.0 Å². The molecule has 1 aliphatic rings. The van der Waals surface area contributed by atoms with E-state index in [9.17, 15) is 4.79 Å². The monoisotopic (exact) mass is 347 g/mol. The molecule has 24 heavy (non-hydrogen) atoms. The second kappa shape index (κ2) is 7.46. The summed E-state index contributed by atoms with van der Waals surface area (Å²) >= 11 is 6.10. The third-order valence-corrected chi connectivity index (χ3v) is 4.02. The van der Waals surface area contributed by atoms with Crippen molar-refractivity contribution >= 4 is 29.1 Å². The number of halogens is 1. The molecule has 1 aliphatic heterocycles. The van der Waals surface area contributed by atoms with Gasteiger partial charge in [-0.3, -0.25) is 4.79 Å². The van der Waals surface area contributed by atoms with E-state index in [0.29, 0.717) is 17.4 Å². The summed E-state index contributed by atoms with van der Waals surface area (Å²) in [5.74, 6) is 0.891. The first-order valence-electron chi connectivity index (χ1n) is 7.60. The topological polar surface area (TPSA) is 93.4 Å². The van der Waals surface area contributed by atoms with E-state index in [1.165, 1.54) is 12.3 Å². The van der Waals surface area contributed by atoms with Crippen molar-refractivity contribution in [2.75, 3.05) is 36.5 Å². The summed E-state index contributed by atoms with van der Waals surface area (Å²) in [7, 11) is 0. The Morgan fingerprint density at radius 3 is 2.71 bits per heavy atom. The minimum atomic E-state index is -0.557. The lowest BCUT2D eigenvalue weighted by molar-refractivity contribution is 0.1000. The van der Waals surface area contributed by atoms with Crippen molar-refractivity contribution in [3.05, 3.63) is 46.7 Å². The van der Waals surface area contributed by atoms with Crippen molar-refractivity contribution in [1.82, 2.24) is 9.97 Å². The molecular formula is C16H18ClN5O2. The maximum absolute atomic E-state index is 11.1. The zero-order chi connectivity index (χ0) is 16.9. The molecule has 0 atom stereocenters. The Morgan fingerprint density at radius 1 is 1.29 bits per heavy atom. The fraction of sp³-hybridized carbons (Fsp3) is 0.312. The normalized spacial score (nSPS) is 14.5. The lowest BCUT2D eigenvalue weighted by atomic mass is 10.2. The molecule has 2 aromatic heterocycles. The smallest absolute Gasteiger partial charge is 0.250 e. The molecule has 0 unspecified atom stereocenters. The zero-order valence-electron chi connectivity index (χ0n) is 13.0. The van der Waals surface area contributed by atoms with E-state index in [2.05, 4.69) is 20.2 Å². The molecule has 8 heteroatoms. The van der Waals surface area contributed by atoms with Gasteiger partial charge in [0.15, 0.2) is 0 Å². The van der Waals surface area contributed by atoms with Crippen molar-refractivity contribution in [3.63, 3.8) is 0 Å². The molecule has 0 bridgehead atoms. The number of nitrogens with one attached hydrogen (secondary N) is 1. The number of ether oxygens (including phenoxy) is 1. The van der Waals surface area contributed by atoms with Crippen LogP contribution in [0, 0.1) is 0 Å². The molecule has 3 rings (SSSR count). The second-order valence-corrected chi connectivity index (χ2v) is 5.80. The van der Waals surface area contributed by atoms with Crippen LogP contribution in [0.25, 0.3) is 0 Å². The van der Waals surface area contributed by atoms with E-state index in [1.807, 2.05) is 18.3 Å². The van der Waals surface area contributed by atoms with Gasteiger partial charge in [0.05, 0.1) is 23.8 Å². The highest BCUT2D eigenvalue weighted by Crippen LogP contribution is 2.21. The van der Waals surface area contributed by atoms with Gasteiger partial charge in [0.2, 0.25) is 5.91 Å². The van der Waals surface area contributed by atoms with Gasteiger partial charge in [0.25, 0.3) is 0 Å². The highest BCUT2D eigenvalue weighted by molar-refractivity contribution is 6.33. The molecule has 0 saturated carbocycles. The van der Waals surface area contributed by atoms with Crippen molar-refractivity contribution in [3.8, 4) is 0 Å². The molecule has 1 fully saturated rings. The SMILES string of the molecule is NC(=O)c1cnc(NCc2ccc(N3CCOCC3)nc2)c(Cl)c1. The number of aromatic nitrogens is 2. The van der Waals surface area contributed by atoms with E-state index in [0.717, 1.165) is 37.7 Å². The number of rotatable bonds is 5. The van der Waals surface area contributed by atoms with Gasteiger partial charge in [-0.2, -0.15) is 0 Å². The van der Waals surface area contributed by atoms with Gasteiger partial charge >= 0.3 is 0 Å². The predicted octanol–water partition coefficient (Wildman–Crippen LogP) is 1.68. The minimum absolute atomic E-state index is 0.280. The first-order chi connectivity index (χ1) is 11.6. The summed E-state index contributed by atoms with van der Waals surface area (Å²) in [5, 5.41) is 3.48. The number of carbonyl (C=O) groups is 1. The first-order valence-corrected chi connectivity index (χ1v) is 7.98. The first kappa shape index (κ1) is 16.5. The lowest BCUT2D eigenvalue weighted by Crippen LogP contribution is -2.36. The molecular weight excluding hydrogens is 330 g/mol. The van der Waals surface area contributed by atoms with Gasteiger partial charge in [0.1, 0.15) is 11.6 Å². The van der Waals surface area contributed by atoms with Crippen molar-refractivity contribution in [1.29, 1.82) is 0 Å². The fourth-order valence-electron chi connectivity index (χ4n) is 2.39. The van der Waals surface area contributed by atoms with E-state index in [-0.39, 0.29) is 5.56 Å². The van der Waals surface area contributed by atoms with Gasteiger partial charge in [-0.1, -0.05) is 17.7 Å². The highest BCUT2D eigenvalue weighted by Gasteiger charge is 2.12. The minimum Gasteiger partial charge on any atom is -0.378 e. The van der Waals surface area contributed by atoms with Crippen LogP contribution in [-0.2, 0) is 11.3 Å². The van der Waals surface area contributed by atoms with Gasteiger partial charge in [-0.05, 0) is 17.7 Å². The van der Waals surface area contributed by atoms with Crippen LogP contribution in [0.2, 0.25) is 5.02 Å². The Kier molecular flexibility index (Phi) is 5.12. The largest absolute Gasteiger partial charge is 0.378 e. The third kappa shape index (κ3) is 3.93. The Hall–Kier alpha value is -2.38. The Morgan fingerprint density at radius 2 is 2.08 bits per heavy atom. The number of hydrogen-bond acceptors (Lipinski definition) is 6. The zero-order valence-corrected chi connectivity index (χ0v) is 13.8. The third-order valence-electron chi connectivity index (χ3n) is 3.73. The second-order valence-electron chi connectivity index (χ2n) is 5.40. The van der Waals surface area contributed by atoms with Gasteiger partial charge < -0.3 is 20.7 Å². The summed E-state index contributed by atoms with van der Waals surface area (Å²) in [5.41, 5.74) is 6.48. The molecule has 0 aliphatic carbocycles. The fourth-order valence-corrected chi connectivity index (χ4v) is 2.62. The molecule has 126 valence electrons. The quantitative estimate of drug-likeness (QED) is 0.854. The lowest BCUT2D eigenvalue weighted by Gasteiger charge is -2.27. The number of morpholine rings is 1. The Labute approximate surface area is 144 Å². The molecule has 1 amide bonds. The number of pyridine rings is 2. The van der Waals surface area contributed by atoms with Crippen LogP contribution in [0.1, 0.15) is 15.9 Å². The number of carbonyl (C=O) groups excluding carboxylic acids is 1. The summed E-state index contributed by atoms with van der Waals surface area (Å²) in [6.45, 7) is 3.71. The van der Waals surface area contributed by atoms with Crippen molar-refractivity contribution < 1.29 is 9.53 Å². The Bertz CT molecular complexity index is 717. The van der Waals surface area contributed by atoms with E-state index >= 15 is 0 Å². The van der Waals surface area contributed by atoms with Gasteiger partial charge in [0, 0.05) is 32.0 Å². The summed E-state index contributed by atoms with van der Waals surface area (Å²) in [6, 6.07) is 5.50. The highest BCUT2D eigenvalue weighted by atomic mass is 35.5. The Balaban J connectivity index is 1.61. The number of hydrogen-bond donors (Lipinski definition) is 2. The standard InChI is InChI=1S/C16H18ClN5O2/c17-13-7-12(15(18)23)10-21-16(13)20-9-11-1-2-14(19-8-11)22-3-5-24-6-4-22/h1-2,7-8,10H,3-6,9H2,(H2,18,23)(H,20,21). The van der Waals surface area contributed by atoms with Crippen LogP contribution >= 0.6 is 11.6 Å². The number of amides is 1. The average molecular weight is 348 g/mol. The maximum Gasteiger partial charge on any atom is 0.250 e. The van der Waals surface area contributed by atoms with Crippen LogP contribution in [-0.4, -0.2) is 42.2 Å². The van der Waals surface area contributed by atoms with Crippen LogP contribution in [0.15, 0.2) is 30.6 Å². The number of nitrogens with two attached hydrogens (primary N) is 1. The molecule has 0 radical (unpaired) electrons.